The van der Waals surface area contributed by atoms with Gasteiger partial charge in [-0.1, -0.05) is 13.8 Å². The second-order valence-electron chi connectivity index (χ2n) is 6.12. The van der Waals surface area contributed by atoms with E-state index >= 15 is 0 Å². The maximum Gasteiger partial charge on any atom is 0.281 e. The number of rotatable bonds is 3. The summed E-state index contributed by atoms with van der Waals surface area (Å²) < 4.78 is 1.01. The molecule has 1 unspecified atom stereocenters. The van der Waals surface area contributed by atoms with Crippen LogP contribution in [0.15, 0.2) is 39.7 Å². The molecule has 1 N–H and O–H groups in total. The van der Waals surface area contributed by atoms with Crippen LogP contribution in [0.3, 0.4) is 0 Å². The molecule has 1 aromatic carbocycles. The van der Waals surface area contributed by atoms with Gasteiger partial charge in [-0.05, 0) is 37.6 Å². The number of nitrogens with zero attached hydrogens (tertiary/aromatic N) is 3. The molecule has 0 saturated carbocycles. The van der Waals surface area contributed by atoms with Crippen molar-refractivity contribution in [2.24, 2.45) is 16.1 Å². The normalized spacial score (nSPS) is 17.9. The second-order valence-corrected chi connectivity index (χ2v) is 7.18. The Bertz CT molecular complexity index is 895. The van der Waals surface area contributed by atoms with Crippen molar-refractivity contribution in [2.75, 3.05) is 5.32 Å². The predicted molar refractivity (Wildman–Crippen MR) is 94.1 cm³/mol. The highest BCUT2D eigenvalue weighted by atomic mass is 32.1. The number of carbonyl (C=O) groups is 2. The SMILES string of the molecule is CC1=C(C)C(C(=O)Nc2ccc3nc(C(C)C)sc3c2)C(=O)N=N1. The number of anilines is 1. The van der Waals surface area contributed by atoms with Crippen molar-refractivity contribution in [3.63, 3.8) is 0 Å². The Hall–Kier alpha value is -2.41. The van der Waals surface area contributed by atoms with Crippen LogP contribution in [0, 0.1) is 5.92 Å². The first kappa shape index (κ1) is 16.4. The van der Waals surface area contributed by atoms with E-state index in [1.54, 1.807) is 31.3 Å². The van der Waals surface area contributed by atoms with Crippen molar-refractivity contribution in [3.8, 4) is 0 Å². The number of aromatic nitrogens is 1. The van der Waals surface area contributed by atoms with Crippen molar-refractivity contribution in [2.45, 2.75) is 33.6 Å². The minimum Gasteiger partial charge on any atom is -0.325 e. The zero-order chi connectivity index (χ0) is 17.4. The minimum absolute atomic E-state index is 0.362. The van der Waals surface area contributed by atoms with Gasteiger partial charge < -0.3 is 5.32 Å². The molecule has 1 aromatic heterocycles. The molecular formula is C17H18N4O2S. The van der Waals surface area contributed by atoms with E-state index < -0.39 is 11.8 Å². The van der Waals surface area contributed by atoms with Crippen molar-refractivity contribution in [1.29, 1.82) is 0 Å². The van der Waals surface area contributed by atoms with Gasteiger partial charge in [0.15, 0.2) is 0 Å². The highest BCUT2D eigenvalue weighted by molar-refractivity contribution is 7.18. The van der Waals surface area contributed by atoms with Gasteiger partial charge in [-0.25, -0.2) is 4.98 Å². The molecule has 124 valence electrons. The van der Waals surface area contributed by atoms with Crippen LogP contribution in [0.1, 0.15) is 38.6 Å². The third-order valence-electron chi connectivity index (χ3n) is 3.98. The van der Waals surface area contributed by atoms with E-state index in [9.17, 15) is 9.59 Å². The lowest BCUT2D eigenvalue weighted by Crippen LogP contribution is -2.31. The van der Waals surface area contributed by atoms with E-state index in [4.69, 9.17) is 0 Å². The molecule has 1 aliphatic rings. The fourth-order valence-corrected chi connectivity index (χ4v) is 3.45. The number of carbonyl (C=O) groups excluding carboxylic acids is 2. The van der Waals surface area contributed by atoms with E-state index in [0.717, 1.165) is 15.2 Å². The Balaban J connectivity index is 1.85. The molecule has 7 heteroatoms. The van der Waals surface area contributed by atoms with Crippen molar-refractivity contribution < 1.29 is 9.59 Å². The third-order valence-corrected chi connectivity index (χ3v) is 5.30. The number of nitrogens with one attached hydrogen (secondary N) is 1. The highest BCUT2D eigenvalue weighted by Crippen LogP contribution is 2.30. The number of hydrogen-bond donors (Lipinski definition) is 1. The maximum atomic E-state index is 12.5. The predicted octanol–water partition coefficient (Wildman–Crippen LogP) is 4.26. The van der Waals surface area contributed by atoms with Crippen LogP contribution in [-0.2, 0) is 9.59 Å². The average Bonchev–Trinajstić information content (AvgIpc) is 2.95. The van der Waals surface area contributed by atoms with Gasteiger partial charge in [-0.3, -0.25) is 9.59 Å². The quantitative estimate of drug-likeness (QED) is 0.846. The number of thiazole rings is 1. The van der Waals surface area contributed by atoms with Crippen molar-refractivity contribution in [1.82, 2.24) is 4.98 Å². The smallest absolute Gasteiger partial charge is 0.281 e. The molecular weight excluding hydrogens is 324 g/mol. The fourth-order valence-electron chi connectivity index (χ4n) is 2.45. The van der Waals surface area contributed by atoms with Gasteiger partial charge in [0.05, 0.1) is 20.9 Å². The molecule has 0 saturated heterocycles. The Morgan fingerprint density at radius 3 is 2.71 bits per heavy atom. The maximum absolute atomic E-state index is 12.5. The molecule has 0 aliphatic carbocycles. The van der Waals surface area contributed by atoms with E-state index in [0.29, 0.717) is 22.9 Å². The third kappa shape index (κ3) is 2.99. The van der Waals surface area contributed by atoms with Gasteiger partial charge in [0.2, 0.25) is 5.91 Å². The van der Waals surface area contributed by atoms with E-state index in [1.807, 2.05) is 12.1 Å². The Morgan fingerprint density at radius 1 is 1.25 bits per heavy atom. The standard InChI is InChI=1S/C17H18N4O2S/c1-8(2)17-19-12-6-5-11(7-13(12)24-17)18-15(22)14-9(3)10(4)20-21-16(14)23/h5-8,14H,1-4H3,(H,18,22). The van der Waals surface area contributed by atoms with Crippen LogP contribution in [0.4, 0.5) is 5.69 Å². The number of fused-ring (bicyclic) bond motifs is 1. The summed E-state index contributed by atoms with van der Waals surface area (Å²) in [5, 5.41) is 11.2. The van der Waals surface area contributed by atoms with E-state index in [-0.39, 0.29) is 5.91 Å². The van der Waals surface area contributed by atoms with Crippen LogP contribution >= 0.6 is 11.3 Å². The lowest BCUT2D eigenvalue weighted by atomic mass is 9.96. The van der Waals surface area contributed by atoms with Gasteiger partial charge in [-0.15, -0.1) is 16.5 Å². The summed E-state index contributed by atoms with van der Waals surface area (Å²) in [7, 11) is 0. The molecule has 2 heterocycles. The van der Waals surface area contributed by atoms with Gasteiger partial charge in [0, 0.05) is 11.6 Å². The number of azo groups is 1. The van der Waals surface area contributed by atoms with E-state index in [2.05, 4.69) is 34.4 Å². The van der Waals surface area contributed by atoms with Crippen molar-refractivity contribution in [3.05, 3.63) is 34.5 Å². The Morgan fingerprint density at radius 2 is 2.00 bits per heavy atom. The molecule has 2 amide bonds. The van der Waals surface area contributed by atoms with Crippen LogP contribution in [0.25, 0.3) is 10.2 Å². The number of benzene rings is 1. The number of amides is 2. The summed E-state index contributed by atoms with van der Waals surface area (Å²) in [5.41, 5.74) is 2.80. The minimum atomic E-state index is -0.911. The van der Waals surface area contributed by atoms with Crippen LogP contribution in [0.2, 0.25) is 0 Å². The van der Waals surface area contributed by atoms with Gasteiger partial charge >= 0.3 is 0 Å². The lowest BCUT2D eigenvalue weighted by Gasteiger charge is -2.17. The highest BCUT2D eigenvalue weighted by Gasteiger charge is 2.32. The van der Waals surface area contributed by atoms with Gasteiger partial charge in [-0.2, -0.15) is 5.11 Å². The van der Waals surface area contributed by atoms with Crippen molar-refractivity contribution >= 4 is 39.1 Å². The van der Waals surface area contributed by atoms with Crippen LogP contribution < -0.4 is 5.32 Å². The summed E-state index contributed by atoms with van der Waals surface area (Å²) in [6.45, 7) is 7.67. The molecule has 0 spiro atoms. The molecule has 1 aliphatic heterocycles. The summed E-state index contributed by atoms with van der Waals surface area (Å²) in [4.78, 5) is 29.0. The van der Waals surface area contributed by atoms with Crippen LogP contribution in [-0.4, -0.2) is 16.8 Å². The summed E-state index contributed by atoms with van der Waals surface area (Å²) in [6, 6.07) is 5.56. The molecule has 0 fully saturated rings. The first-order valence-electron chi connectivity index (χ1n) is 7.71. The Labute approximate surface area is 143 Å². The first-order chi connectivity index (χ1) is 11.4. The Kier molecular flexibility index (Phi) is 4.28. The topological polar surface area (TPSA) is 83.8 Å². The summed E-state index contributed by atoms with van der Waals surface area (Å²) >= 11 is 1.61. The molecule has 24 heavy (non-hydrogen) atoms. The van der Waals surface area contributed by atoms with Gasteiger partial charge in [0.25, 0.3) is 5.91 Å². The molecule has 1 atom stereocenters. The lowest BCUT2D eigenvalue weighted by molar-refractivity contribution is -0.129. The number of allylic oxidation sites excluding steroid dienone is 1. The zero-order valence-corrected chi connectivity index (χ0v) is 14.8. The summed E-state index contributed by atoms with van der Waals surface area (Å²) in [6.07, 6.45) is 0. The van der Waals surface area contributed by atoms with Crippen LogP contribution in [0.5, 0.6) is 0 Å². The van der Waals surface area contributed by atoms with Gasteiger partial charge in [0.1, 0.15) is 5.92 Å². The van der Waals surface area contributed by atoms with E-state index in [1.165, 1.54) is 0 Å². The second kappa shape index (κ2) is 6.24. The zero-order valence-electron chi connectivity index (χ0n) is 14.0. The summed E-state index contributed by atoms with van der Waals surface area (Å²) in [5.74, 6) is -1.47. The molecule has 6 nitrogen and oxygen atoms in total. The monoisotopic (exact) mass is 342 g/mol. The molecule has 3 rings (SSSR count). The fraction of sp³-hybridized carbons (Fsp3) is 0.353. The molecule has 2 aromatic rings. The number of hydrogen-bond acceptors (Lipinski definition) is 5. The largest absolute Gasteiger partial charge is 0.325 e. The molecule has 0 radical (unpaired) electrons. The first-order valence-corrected chi connectivity index (χ1v) is 8.52. The molecule has 0 bridgehead atoms. The average molecular weight is 342 g/mol.